The standard InChI is InChI=1S/C17H19ClN2O3.ClH/c1-4-14-12(9-11-7-5-6-8-13(11)18)16(23-10(2)3)20-15(19-14)17(21)22;/h5-8,10H,4,9H2,1-3H3,(H,21,22);1H. The molecule has 24 heavy (non-hydrogen) atoms. The Bertz CT molecular complexity index is 721. The number of hydrogen-bond acceptors (Lipinski definition) is 4. The quantitative estimate of drug-likeness (QED) is 0.824. The lowest BCUT2D eigenvalue weighted by molar-refractivity contribution is 0.0680. The van der Waals surface area contributed by atoms with E-state index in [1.165, 1.54) is 0 Å². The molecule has 0 aliphatic heterocycles. The molecular weight excluding hydrogens is 351 g/mol. The summed E-state index contributed by atoms with van der Waals surface area (Å²) in [7, 11) is 0. The van der Waals surface area contributed by atoms with Gasteiger partial charge in [0.15, 0.2) is 0 Å². The van der Waals surface area contributed by atoms with Crippen molar-refractivity contribution in [1.82, 2.24) is 9.97 Å². The molecule has 0 spiro atoms. The summed E-state index contributed by atoms with van der Waals surface area (Å²) in [6.45, 7) is 5.66. The molecule has 0 atom stereocenters. The third-order valence-corrected chi connectivity index (χ3v) is 3.62. The molecule has 0 saturated heterocycles. The molecule has 1 aromatic heterocycles. The number of aromatic carboxylic acids is 1. The van der Waals surface area contributed by atoms with Gasteiger partial charge < -0.3 is 9.84 Å². The minimum Gasteiger partial charge on any atom is -0.475 e. The summed E-state index contributed by atoms with van der Waals surface area (Å²) in [5.74, 6) is -1.11. The lowest BCUT2D eigenvalue weighted by Crippen LogP contribution is -2.16. The Morgan fingerprint density at radius 3 is 2.50 bits per heavy atom. The highest BCUT2D eigenvalue weighted by Gasteiger charge is 2.20. The fourth-order valence-electron chi connectivity index (χ4n) is 2.23. The van der Waals surface area contributed by atoms with Gasteiger partial charge in [-0.25, -0.2) is 9.78 Å². The van der Waals surface area contributed by atoms with E-state index in [1.54, 1.807) is 0 Å². The van der Waals surface area contributed by atoms with Crippen LogP contribution in [-0.4, -0.2) is 27.1 Å². The largest absolute Gasteiger partial charge is 0.475 e. The van der Waals surface area contributed by atoms with Gasteiger partial charge in [0, 0.05) is 17.0 Å². The van der Waals surface area contributed by atoms with Gasteiger partial charge in [-0.2, -0.15) is 4.98 Å². The Kier molecular flexibility index (Phi) is 7.45. The molecule has 130 valence electrons. The lowest BCUT2D eigenvalue weighted by Gasteiger charge is -2.16. The highest BCUT2D eigenvalue weighted by atomic mass is 35.5. The number of benzene rings is 1. The summed E-state index contributed by atoms with van der Waals surface area (Å²) in [4.78, 5) is 19.5. The van der Waals surface area contributed by atoms with Gasteiger partial charge in [0.2, 0.25) is 11.7 Å². The molecule has 1 aromatic carbocycles. The Hall–Kier alpha value is -1.85. The fraction of sp³-hybridized carbons (Fsp3) is 0.353. The molecule has 0 bridgehead atoms. The first kappa shape index (κ1) is 20.2. The minimum absolute atomic E-state index is 0. The molecule has 5 nitrogen and oxygen atoms in total. The summed E-state index contributed by atoms with van der Waals surface area (Å²) >= 11 is 6.23. The molecular formula is C17H20Cl2N2O3. The second kappa shape index (κ2) is 8.85. The van der Waals surface area contributed by atoms with Crippen LogP contribution in [0.5, 0.6) is 5.88 Å². The lowest BCUT2D eigenvalue weighted by atomic mass is 10.0. The molecule has 0 amide bonds. The van der Waals surface area contributed by atoms with Crippen molar-refractivity contribution in [2.45, 2.75) is 39.7 Å². The first-order chi connectivity index (χ1) is 10.9. The van der Waals surface area contributed by atoms with Crippen LogP contribution < -0.4 is 4.74 Å². The zero-order valence-electron chi connectivity index (χ0n) is 13.7. The van der Waals surface area contributed by atoms with Gasteiger partial charge in [-0.1, -0.05) is 36.7 Å². The van der Waals surface area contributed by atoms with E-state index in [-0.39, 0.29) is 24.3 Å². The van der Waals surface area contributed by atoms with E-state index in [2.05, 4.69) is 9.97 Å². The SMILES string of the molecule is CCc1nc(C(=O)O)nc(OC(C)C)c1Cc1ccccc1Cl.Cl. The predicted molar refractivity (Wildman–Crippen MR) is 95.6 cm³/mol. The van der Waals surface area contributed by atoms with Crippen LogP contribution in [0.25, 0.3) is 0 Å². The molecule has 0 aliphatic rings. The van der Waals surface area contributed by atoms with Crippen LogP contribution in [0.15, 0.2) is 24.3 Å². The number of rotatable bonds is 6. The van der Waals surface area contributed by atoms with Crippen LogP contribution in [0.4, 0.5) is 0 Å². The van der Waals surface area contributed by atoms with Crippen LogP contribution >= 0.6 is 24.0 Å². The maximum atomic E-state index is 11.2. The number of aromatic nitrogens is 2. The van der Waals surface area contributed by atoms with Gasteiger partial charge in [0.05, 0.1) is 11.8 Å². The Labute approximate surface area is 152 Å². The van der Waals surface area contributed by atoms with Gasteiger partial charge in [0.25, 0.3) is 0 Å². The van der Waals surface area contributed by atoms with Crippen molar-refractivity contribution in [2.24, 2.45) is 0 Å². The molecule has 0 fully saturated rings. The smallest absolute Gasteiger partial charge is 0.374 e. The zero-order valence-corrected chi connectivity index (χ0v) is 15.3. The van der Waals surface area contributed by atoms with E-state index in [0.717, 1.165) is 11.1 Å². The van der Waals surface area contributed by atoms with Crippen molar-refractivity contribution >= 4 is 30.0 Å². The molecule has 0 unspecified atom stereocenters. The minimum atomic E-state index is -1.17. The second-order valence-corrected chi connectivity index (χ2v) is 5.78. The van der Waals surface area contributed by atoms with Crippen LogP contribution in [-0.2, 0) is 12.8 Å². The number of ether oxygens (including phenoxy) is 1. The zero-order chi connectivity index (χ0) is 17.0. The monoisotopic (exact) mass is 370 g/mol. The summed E-state index contributed by atoms with van der Waals surface area (Å²) in [5.41, 5.74) is 2.36. The van der Waals surface area contributed by atoms with E-state index < -0.39 is 5.97 Å². The maximum absolute atomic E-state index is 11.2. The normalized spacial score (nSPS) is 10.4. The van der Waals surface area contributed by atoms with Gasteiger partial charge >= 0.3 is 5.97 Å². The van der Waals surface area contributed by atoms with Crippen LogP contribution in [0.3, 0.4) is 0 Å². The molecule has 2 rings (SSSR count). The number of halogens is 2. The van der Waals surface area contributed by atoms with Crippen molar-refractivity contribution in [3.05, 3.63) is 51.9 Å². The molecule has 1 heterocycles. The number of carbonyl (C=O) groups is 1. The predicted octanol–water partition coefficient (Wildman–Crippen LogP) is 4.19. The van der Waals surface area contributed by atoms with Crippen molar-refractivity contribution in [1.29, 1.82) is 0 Å². The maximum Gasteiger partial charge on any atom is 0.374 e. The summed E-state index contributed by atoms with van der Waals surface area (Å²) in [6, 6.07) is 7.51. The summed E-state index contributed by atoms with van der Waals surface area (Å²) in [6.07, 6.45) is 0.947. The van der Waals surface area contributed by atoms with Crippen LogP contribution in [0.2, 0.25) is 5.02 Å². The van der Waals surface area contributed by atoms with Gasteiger partial charge in [-0.05, 0) is 31.9 Å². The first-order valence-electron chi connectivity index (χ1n) is 7.45. The highest BCUT2D eigenvalue weighted by Crippen LogP contribution is 2.27. The van der Waals surface area contributed by atoms with Crippen molar-refractivity contribution in [3.63, 3.8) is 0 Å². The number of carboxylic acid groups (broad SMARTS) is 1. The third kappa shape index (κ3) is 4.82. The number of nitrogens with zero attached hydrogens (tertiary/aromatic N) is 2. The Balaban J connectivity index is 0.00000288. The van der Waals surface area contributed by atoms with E-state index in [0.29, 0.717) is 29.4 Å². The molecule has 0 saturated carbocycles. The molecule has 0 aliphatic carbocycles. The van der Waals surface area contributed by atoms with Crippen molar-refractivity contribution < 1.29 is 14.6 Å². The van der Waals surface area contributed by atoms with Gasteiger partial charge in [-0.15, -0.1) is 12.4 Å². The van der Waals surface area contributed by atoms with Crippen LogP contribution in [0.1, 0.15) is 48.2 Å². The van der Waals surface area contributed by atoms with Crippen molar-refractivity contribution in [2.75, 3.05) is 0 Å². The number of aryl methyl sites for hydroxylation is 1. The second-order valence-electron chi connectivity index (χ2n) is 5.37. The van der Waals surface area contributed by atoms with E-state index in [1.807, 2.05) is 45.0 Å². The first-order valence-corrected chi connectivity index (χ1v) is 7.83. The van der Waals surface area contributed by atoms with E-state index in [9.17, 15) is 9.90 Å². The fourth-order valence-corrected chi connectivity index (χ4v) is 2.43. The van der Waals surface area contributed by atoms with E-state index in [4.69, 9.17) is 16.3 Å². The third-order valence-electron chi connectivity index (χ3n) is 3.25. The summed E-state index contributed by atoms with van der Waals surface area (Å²) in [5, 5.41) is 9.83. The Morgan fingerprint density at radius 2 is 1.96 bits per heavy atom. The number of hydrogen-bond donors (Lipinski definition) is 1. The Morgan fingerprint density at radius 1 is 1.29 bits per heavy atom. The summed E-state index contributed by atoms with van der Waals surface area (Å²) < 4.78 is 5.73. The highest BCUT2D eigenvalue weighted by molar-refractivity contribution is 6.31. The molecule has 1 N–H and O–H groups in total. The molecule has 2 aromatic rings. The van der Waals surface area contributed by atoms with Gasteiger partial charge in [0.1, 0.15) is 0 Å². The van der Waals surface area contributed by atoms with E-state index >= 15 is 0 Å². The molecule has 0 radical (unpaired) electrons. The average Bonchev–Trinajstić information content (AvgIpc) is 2.50. The van der Waals surface area contributed by atoms with Gasteiger partial charge in [-0.3, -0.25) is 0 Å². The van der Waals surface area contributed by atoms with Crippen LogP contribution in [0, 0.1) is 0 Å². The average molecular weight is 371 g/mol. The topological polar surface area (TPSA) is 72.3 Å². The number of carboxylic acids is 1. The van der Waals surface area contributed by atoms with Crippen molar-refractivity contribution in [3.8, 4) is 5.88 Å². The molecule has 7 heteroatoms.